The summed E-state index contributed by atoms with van der Waals surface area (Å²) < 4.78 is 1.60. The number of nitrogens with one attached hydrogen (secondary N) is 2. The molecule has 0 aliphatic carbocycles. The van der Waals surface area contributed by atoms with Gasteiger partial charge in [-0.25, -0.2) is 9.97 Å². The standard InChI is InChI=1S/C8H10N6O/c15-7(13-8-10-2-3-11-8)1-4-14-6-9-5-12-14/h2-3,5-6H,1,4H2,(H2,10,11,13,15). The zero-order chi connectivity index (χ0) is 10.5. The first-order valence-electron chi connectivity index (χ1n) is 4.46. The van der Waals surface area contributed by atoms with Gasteiger partial charge < -0.3 is 4.98 Å². The molecule has 2 heterocycles. The average molecular weight is 206 g/mol. The molecule has 15 heavy (non-hydrogen) atoms. The van der Waals surface area contributed by atoms with E-state index < -0.39 is 0 Å². The number of imidazole rings is 1. The lowest BCUT2D eigenvalue weighted by atomic mass is 10.4. The minimum Gasteiger partial charge on any atom is -0.331 e. The molecule has 2 N–H and O–H groups in total. The zero-order valence-electron chi connectivity index (χ0n) is 7.92. The molecule has 0 radical (unpaired) electrons. The van der Waals surface area contributed by atoms with Gasteiger partial charge in [0.05, 0.1) is 6.54 Å². The van der Waals surface area contributed by atoms with Crippen molar-refractivity contribution in [3.8, 4) is 0 Å². The van der Waals surface area contributed by atoms with Gasteiger partial charge >= 0.3 is 0 Å². The highest BCUT2D eigenvalue weighted by atomic mass is 16.1. The highest BCUT2D eigenvalue weighted by Crippen LogP contribution is 1.97. The van der Waals surface area contributed by atoms with Crippen LogP contribution >= 0.6 is 0 Å². The predicted octanol–water partition coefficient (Wildman–Crippen LogP) is 0.0300. The summed E-state index contributed by atoms with van der Waals surface area (Å²) in [5.41, 5.74) is 0. The molecule has 0 saturated heterocycles. The first-order valence-corrected chi connectivity index (χ1v) is 4.46. The monoisotopic (exact) mass is 206 g/mol. The van der Waals surface area contributed by atoms with Crippen molar-refractivity contribution in [1.29, 1.82) is 0 Å². The molecule has 0 aliphatic rings. The van der Waals surface area contributed by atoms with E-state index in [1.807, 2.05) is 0 Å². The molecule has 0 spiro atoms. The molecule has 78 valence electrons. The van der Waals surface area contributed by atoms with Crippen molar-refractivity contribution in [3.05, 3.63) is 25.0 Å². The predicted molar refractivity (Wildman–Crippen MR) is 51.9 cm³/mol. The number of rotatable bonds is 4. The zero-order valence-corrected chi connectivity index (χ0v) is 7.92. The van der Waals surface area contributed by atoms with E-state index in [1.165, 1.54) is 6.33 Å². The Morgan fingerprint density at radius 2 is 2.53 bits per heavy atom. The average Bonchev–Trinajstić information content (AvgIpc) is 2.86. The molecular weight excluding hydrogens is 196 g/mol. The fourth-order valence-corrected chi connectivity index (χ4v) is 1.09. The highest BCUT2D eigenvalue weighted by Gasteiger charge is 2.03. The van der Waals surface area contributed by atoms with Crippen LogP contribution in [0.1, 0.15) is 6.42 Å². The number of H-pyrrole nitrogens is 1. The number of nitrogens with zero attached hydrogens (tertiary/aromatic N) is 4. The Morgan fingerprint density at radius 1 is 1.60 bits per heavy atom. The number of carbonyl (C=O) groups is 1. The molecular formula is C8H10N6O. The highest BCUT2D eigenvalue weighted by molar-refractivity contribution is 5.88. The lowest BCUT2D eigenvalue weighted by molar-refractivity contribution is -0.116. The Morgan fingerprint density at radius 3 is 3.20 bits per heavy atom. The maximum absolute atomic E-state index is 11.4. The maximum Gasteiger partial charge on any atom is 0.228 e. The molecule has 2 rings (SSSR count). The summed E-state index contributed by atoms with van der Waals surface area (Å²) in [7, 11) is 0. The van der Waals surface area contributed by atoms with E-state index in [0.717, 1.165) is 0 Å². The first-order chi connectivity index (χ1) is 7.34. The van der Waals surface area contributed by atoms with E-state index in [-0.39, 0.29) is 5.91 Å². The van der Waals surface area contributed by atoms with Gasteiger partial charge in [-0.2, -0.15) is 5.10 Å². The molecule has 2 aromatic rings. The van der Waals surface area contributed by atoms with Crippen LogP contribution in [0.4, 0.5) is 5.95 Å². The van der Waals surface area contributed by atoms with Crippen molar-refractivity contribution in [3.63, 3.8) is 0 Å². The van der Waals surface area contributed by atoms with Crippen molar-refractivity contribution in [2.45, 2.75) is 13.0 Å². The molecule has 0 aromatic carbocycles. The Kier molecular flexibility index (Phi) is 2.72. The smallest absolute Gasteiger partial charge is 0.228 e. The van der Waals surface area contributed by atoms with Crippen molar-refractivity contribution in [1.82, 2.24) is 24.7 Å². The Balaban J connectivity index is 1.78. The van der Waals surface area contributed by atoms with Gasteiger partial charge in [0.25, 0.3) is 0 Å². The number of aromatic amines is 1. The summed E-state index contributed by atoms with van der Waals surface area (Å²) in [6.07, 6.45) is 6.56. The SMILES string of the molecule is O=C(CCn1cncn1)Nc1ncc[nH]1. The maximum atomic E-state index is 11.4. The van der Waals surface area contributed by atoms with Crippen LogP contribution in [-0.2, 0) is 11.3 Å². The third kappa shape index (κ3) is 2.63. The molecule has 0 unspecified atom stereocenters. The lowest BCUT2D eigenvalue weighted by Gasteiger charge is -2.01. The van der Waals surface area contributed by atoms with Crippen molar-refractivity contribution >= 4 is 11.9 Å². The molecule has 7 nitrogen and oxygen atoms in total. The van der Waals surface area contributed by atoms with Crippen LogP contribution < -0.4 is 5.32 Å². The summed E-state index contributed by atoms with van der Waals surface area (Å²) in [6, 6.07) is 0. The van der Waals surface area contributed by atoms with Gasteiger partial charge in [0, 0.05) is 18.8 Å². The van der Waals surface area contributed by atoms with E-state index in [9.17, 15) is 4.79 Å². The molecule has 0 aliphatic heterocycles. The summed E-state index contributed by atoms with van der Waals surface area (Å²) in [6.45, 7) is 0.506. The second kappa shape index (κ2) is 4.36. The van der Waals surface area contributed by atoms with Crippen LogP contribution in [0.3, 0.4) is 0 Å². The van der Waals surface area contributed by atoms with Crippen molar-refractivity contribution in [2.24, 2.45) is 0 Å². The summed E-state index contributed by atoms with van der Waals surface area (Å²) in [5.74, 6) is 0.346. The Bertz CT molecular complexity index is 406. The number of anilines is 1. The molecule has 0 saturated carbocycles. The van der Waals surface area contributed by atoms with Gasteiger partial charge in [0.15, 0.2) is 0 Å². The number of carbonyl (C=O) groups excluding carboxylic acids is 1. The number of hydrogen-bond donors (Lipinski definition) is 2. The van der Waals surface area contributed by atoms with Crippen molar-refractivity contribution in [2.75, 3.05) is 5.32 Å². The molecule has 7 heteroatoms. The van der Waals surface area contributed by atoms with Crippen LogP contribution in [0.2, 0.25) is 0 Å². The van der Waals surface area contributed by atoms with Gasteiger partial charge in [-0.15, -0.1) is 0 Å². The lowest BCUT2D eigenvalue weighted by Crippen LogP contribution is -2.15. The van der Waals surface area contributed by atoms with Gasteiger partial charge in [-0.05, 0) is 0 Å². The van der Waals surface area contributed by atoms with E-state index in [4.69, 9.17) is 0 Å². The fraction of sp³-hybridized carbons (Fsp3) is 0.250. The summed E-state index contributed by atoms with van der Waals surface area (Å²) in [4.78, 5) is 21.8. The van der Waals surface area contributed by atoms with Gasteiger partial charge in [0.1, 0.15) is 12.7 Å². The minimum atomic E-state index is -0.111. The largest absolute Gasteiger partial charge is 0.331 e. The van der Waals surface area contributed by atoms with Crippen molar-refractivity contribution < 1.29 is 4.79 Å². The van der Waals surface area contributed by atoms with Crippen LogP contribution in [0, 0.1) is 0 Å². The Hall–Kier alpha value is -2.18. The van der Waals surface area contributed by atoms with Gasteiger partial charge in [-0.1, -0.05) is 0 Å². The molecule has 0 bridgehead atoms. The quantitative estimate of drug-likeness (QED) is 0.738. The Labute approximate surface area is 85.6 Å². The summed E-state index contributed by atoms with van der Waals surface area (Å²) in [5, 5.41) is 6.50. The molecule has 1 amide bonds. The van der Waals surface area contributed by atoms with Gasteiger partial charge in [-0.3, -0.25) is 14.8 Å². The van der Waals surface area contributed by atoms with Crippen LogP contribution in [-0.4, -0.2) is 30.6 Å². The normalized spacial score (nSPS) is 10.1. The van der Waals surface area contributed by atoms with E-state index in [0.29, 0.717) is 18.9 Å². The molecule has 2 aromatic heterocycles. The van der Waals surface area contributed by atoms with E-state index in [2.05, 4.69) is 25.4 Å². The van der Waals surface area contributed by atoms with E-state index >= 15 is 0 Å². The molecule has 0 atom stereocenters. The minimum absolute atomic E-state index is 0.111. The topological polar surface area (TPSA) is 88.5 Å². The third-order valence-corrected chi connectivity index (χ3v) is 1.79. The summed E-state index contributed by atoms with van der Waals surface area (Å²) >= 11 is 0. The number of hydrogen-bond acceptors (Lipinski definition) is 4. The number of amides is 1. The van der Waals surface area contributed by atoms with Crippen LogP contribution in [0.5, 0.6) is 0 Å². The number of aromatic nitrogens is 5. The number of aryl methyl sites for hydroxylation is 1. The second-order valence-corrected chi connectivity index (χ2v) is 2.89. The second-order valence-electron chi connectivity index (χ2n) is 2.89. The first kappa shape index (κ1) is 9.38. The third-order valence-electron chi connectivity index (χ3n) is 1.79. The molecule has 0 fully saturated rings. The van der Waals surface area contributed by atoms with Gasteiger partial charge in [0.2, 0.25) is 11.9 Å². The van der Waals surface area contributed by atoms with Crippen LogP contribution in [0.15, 0.2) is 25.0 Å². The van der Waals surface area contributed by atoms with Crippen LogP contribution in [0.25, 0.3) is 0 Å². The van der Waals surface area contributed by atoms with E-state index in [1.54, 1.807) is 23.4 Å². The fourth-order valence-electron chi connectivity index (χ4n) is 1.09.